The molecule has 2 heterocycles. The van der Waals surface area contributed by atoms with Gasteiger partial charge in [-0.05, 0) is 30.7 Å². The number of aromatic nitrogens is 4. The predicted molar refractivity (Wildman–Crippen MR) is 106 cm³/mol. The van der Waals surface area contributed by atoms with Crippen LogP contribution >= 0.6 is 0 Å². The lowest BCUT2D eigenvalue weighted by atomic mass is 10.1. The summed E-state index contributed by atoms with van der Waals surface area (Å²) in [6, 6.07) is 15.2. The topological polar surface area (TPSA) is 81.8 Å². The van der Waals surface area contributed by atoms with E-state index < -0.39 is 0 Å². The minimum Gasteiger partial charge on any atom is -0.337 e. The molecule has 1 N–H and O–H groups in total. The number of carbonyl (C=O) groups is 2. The van der Waals surface area contributed by atoms with Crippen molar-refractivity contribution in [1.82, 2.24) is 19.3 Å². The quantitative estimate of drug-likeness (QED) is 0.527. The largest absolute Gasteiger partial charge is 0.337 e. The van der Waals surface area contributed by atoms with E-state index in [1.807, 2.05) is 48.5 Å². The maximum atomic E-state index is 12.5. The van der Waals surface area contributed by atoms with Gasteiger partial charge in [0.1, 0.15) is 19.2 Å². The summed E-state index contributed by atoms with van der Waals surface area (Å²) >= 11 is 0. The first-order valence-electron chi connectivity index (χ1n) is 8.90. The van der Waals surface area contributed by atoms with E-state index in [0.29, 0.717) is 12.1 Å². The summed E-state index contributed by atoms with van der Waals surface area (Å²) in [5.74, 6) is -0.168. The van der Waals surface area contributed by atoms with E-state index in [1.165, 1.54) is 13.3 Å². The predicted octanol–water partition coefficient (Wildman–Crippen LogP) is 3.12. The Morgan fingerprint density at radius 1 is 1.07 bits per heavy atom. The van der Waals surface area contributed by atoms with E-state index in [4.69, 9.17) is 0 Å². The molecule has 28 heavy (non-hydrogen) atoms. The fraction of sp³-hybridized carbons (Fsp3) is 0.143. The van der Waals surface area contributed by atoms with Gasteiger partial charge in [0.15, 0.2) is 5.78 Å². The highest BCUT2D eigenvalue weighted by Crippen LogP contribution is 2.22. The van der Waals surface area contributed by atoms with Gasteiger partial charge in [0.2, 0.25) is 5.91 Å². The molecular formula is C21H19N5O2. The highest BCUT2D eigenvalue weighted by Gasteiger charge is 2.13. The van der Waals surface area contributed by atoms with E-state index >= 15 is 0 Å². The van der Waals surface area contributed by atoms with E-state index in [2.05, 4.69) is 15.4 Å². The molecule has 0 spiro atoms. The summed E-state index contributed by atoms with van der Waals surface area (Å²) in [5.41, 5.74) is 3.27. The fourth-order valence-corrected chi connectivity index (χ4v) is 3.21. The van der Waals surface area contributed by atoms with Crippen LogP contribution in [0.1, 0.15) is 22.8 Å². The fourth-order valence-electron chi connectivity index (χ4n) is 3.21. The van der Waals surface area contributed by atoms with Gasteiger partial charge >= 0.3 is 0 Å². The Kier molecular flexibility index (Phi) is 4.72. The van der Waals surface area contributed by atoms with Crippen molar-refractivity contribution in [2.75, 3.05) is 5.32 Å². The lowest BCUT2D eigenvalue weighted by Crippen LogP contribution is -2.18. The van der Waals surface area contributed by atoms with E-state index in [9.17, 15) is 9.59 Å². The number of nitrogens with one attached hydrogen (secondary N) is 1. The number of benzene rings is 2. The Morgan fingerprint density at radius 3 is 2.57 bits per heavy atom. The smallest absolute Gasteiger partial charge is 0.244 e. The molecule has 0 unspecified atom stereocenters. The van der Waals surface area contributed by atoms with E-state index in [1.54, 1.807) is 21.8 Å². The number of amides is 1. The van der Waals surface area contributed by atoms with Gasteiger partial charge in [0.05, 0.1) is 6.54 Å². The van der Waals surface area contributed by atoms with Crippen LogP contribution in [-0.2, 0) is 17.9 Å². The summed E-state index contributed by atoms with van der Waals surface area (Å²) in [5, 5.41) is 7.84. The monoisotopic (exact) mass is 373 g/mol. The highest BCUT2D eigenvalue weighted by molar-refractivity contribution is 6.07. The average molecular weight is 373 g/mol. The lowest BCUT2D eigenvalue weighted by molar-refractivity contribution is -0.116. The zero-order valence-corrected chi connectivity index (χ0v) is 15.4. The average Bonchev–Trinajstić information content (AvgIpc) is 3.32. The molecule has 7 heteroatoms. The van der Waals surface area contributed by atoms with Gasteiger partial charge in [-0.3, -0.25) is 9.59 Å². The first-order valence-corrected chi connectivity index (χ1v) is 8.90. The minimum absolute atomic E-state index is 0.0154. The molecule has 0 saturated carbocycles. The molecular weight excluding hydrogens is 354 g/mol. The number of rotatable bonds is 6. The number of Topliss-reactive ketones (excluding diaryl/α,β-unsaturated/α-hetero) is 1. The Hall–Kier alpha value is -3.74. The van der Waals surface area contributed by atoms with Crippen LogP contribution in [0.15, 0.2) is 67.4 Å². The van der Waals surface area contributed by atoms with Crippen LogP contribution in [0.25, 0.3) is 10.9 Å². The number of fused-ring (bicyclic) bond motifs is 1. The highest BCUT2D eigenvalue weighted by atomic mass is 16.2. The van der Waals surface area contributed by atoms with Crippen molar-refractivity contribution in [3.8, 4) is 0 Å². The molecule has 0 aliphatic rings. The maximum absolute atomic E-state index is 12.5. The third-order valence-electron chi connectivity index (χ3n) is 4.53. The molecule has 4 rings (SSSR count). The summed E-state index contributed by atoms with van der Waals surface area (Å²) in [4.78, 5) is 28.3. The van der Waals surface area contributed by atoms with Crippen molar-refractivity contribution in [3.63, 3.8) is 0 Å². The van der Waals surface area contributed by atoms with Crippen LogP contribution in [-0.4, -0.2) is 31.0 Å². The van der Waals surface area contributed by atoms with Crippen LogP contribution in [0.2, 0.25) is 0 Å². The SMILES string of the molecule is CC(=O)c1cn(CC(=O)Nc2ccc(Cn3cncn3)cc2)c2ccccc12. The van der Waals surface area contributed by atoms with Gasteiger partial charge in [0, 0.05) is 28.4 Å². The number of hydrogen-bond donors (Lipinski definition) is 1. The Bertz CT molecular complexity index is 1130. The standard InChI is InChI=1S/C21H19N5O2/c1-15(27)19-11-25(20-5-3-2-4-18(19)20)12-21(28)24-17-8-6-16(7-9-17)10-26-14-22-13-23-26/h2-9,11,13-14H,10,12H2,1H3,(H,24,28). The number of ketones is 1. The molecule has 2 aromatic carbocycles. The Morgan fingerprint density at radius 2 is 1.86 bits per heavy atom. The Balaban J connectivity index is 1.46. The van der Waals surface area contributed by atoms with Crippen molar-refractivity contribution in [1.29, 1.82) is 0 Å². The van der Waals surface area contributed by atoms with Crippen molar-refractivity contribution >= 4 is 28.3 Å². The van der Waals surface area contributed by atoms with Crippen molar-refractivity contribution < 1.29 is 9.59 Å². The second-order valence-corrected chi connectivity index (χ2v) is 6.58. The van der Waals surface area contributed by atoms with Crippen molar-refractivity contribution in [3.05, 3.63) is 78.5 Å². The normalized spacial score (nSPS) is 10.9. The number of para-hydroxylation sites is 1. The van der Waals surface area contributed by atoms with Gasteiger partial charge in [0.25, 0.3) is 0 Å². The molecule has 0 aliphatic heterocycles. The van der Waals surface area contributed by atoms with E-state index in [0.717, 1.165) is 22.2 Å². The summed E-state index contributed by atoms with van der Waals surface area (Å²) < 4.78 is 3.54. The van der Waals surface area contributed by atoms with E-state index in [-0.39, 0.29) is 18.2 Å². The molecule has 7 nitrogen and oxygen atoms in total. The van der Waals surface area contributed by atoms with Gasteiger partial charge < -0.3 is 9.88 Å². The number of nitrogens with zero attached hydrogens (tertiary/aromatic N) is 4. The summed E-state index contributed by atoms with van der Waals surface area (Å²) in [6.45, 7) is 2.29. The molecule has 0 bridgehead atoms. The van der Waals surface area contributed by atoms with Gasteiger partial charge in [-0.15, -0.1) is 0 Å². The van der Waals surface area contributed by atoms with Crippen LogP contribution < -0.4 is 5.32 Å². The first kappa shape index (κ1) is 17.7. The summed E-state index contributed by atoms with van der Waals surface area (Å²) in [7, 11) is 0. The molecule has 0 atom stereocenters. The molecule has 2 aromatic heterocycles. The lowest BCUT2D eigenvalue weighted by Gasteiger charge is -2.08. The van der Waals surface area contributed by atoms with Crippen LogP contribution in [0, 0.1) is 0 Å². The van der Waals surface area contributed by atoms with Crippen LogP contribution in [0.3, 0.4) is 0 Å². The molecule has 4 aromatic rings. The third-order valence-corrected chi connectivity index (χ3v) is 4.53. The zero-order chi connectivity index (χ0) is 19.5. The van der Waals surface area contributed by atoms with Crippen LogP contribution in [0.4, 0.5) is 5.69 Å². The van der Waals surface area contributed by atoms with Crippen molar-refractivity contribution in [2.24, 2.45) is 0 Å². The second kappa shape index (κ2) is 7.48. The summed E-state index contributed by atoms with van der Waals surface area (Å²) in [6.07, 6.45) is 4.90. The third kappa shape index (κ3) is 3.68. The first-order chi connectivity index (χ1) is 13.6. The minimum atomic E-state index is -0.153. The van der Waals surface area contributed by atoms with Crippen molar-refractivity contribution in [2.45, 2.75) is 20.0 Å². The van der Waals surface area contributed by atoms with Gasteiger partial charge in [-0.1, -0.05) is 30.3 Å². The maximum Gasteiger partial charge on any atom is 0.244 e. The van der Waals surface area contributed by atoms with Gasteiger partial charge in [-0.2, -0.15) is 5.10 Å². The van der Waals surface area contributed by atoms with Crippen LogP contribution in [0.5, 0.6) is 0 Å². The molecule has 140 valence electrons. The van der Waals surface area contributed by atoms with Gasteiger partial charge in [-0.25, -0.2) is 9.67 Å². The second-order valence-electron chi connectivity index (χ2n) is 6.58. The molecule has 0 saturated heterocycles. The Labute approximate surface area is 161 Å². The molecule has 0 aliphatic carbocycles. The number of anilines is 1. The number of hydrogen-bond acceptors (Lipinski definition) is 4. The molecule has 0 radical (unpaired) electrons. The molecule has 1 amide bonds. The zero-order valence-electron chi connectivity index (χ0n) is 15.4. The number of carbonyl (C=O) groups excluding carboxylic acids is 2. The molecule has 0 fully saturated rings.